The molecule has 0 unspecified atom stereocenters. The number of carbonyl (C=O) groups excluding carboxylic acids is 1. The summed E-state index contributed by atoms with van der Waals surface area (Å²) in [5, 5.41) is 3.75. The van der Waals surface area contributed by atoms with Crippen molar-refractivity contribution in [2.75, 3.05) is 18.4 Å². The van der Waals surface area contributed by atoms with Crippen molar-refractivity contribution in [3.05, 3.63) is 58.3 Å². The number of carbonyl (C=O) groups is 1. The van der Waals surface area contributed by atoms with Gasteiger partial charge < -0.3 is 10.2 Å². The van der Waals surface area contributed by atoms with Crippen molar-refractivity contribution in [1.82, 2.24) is 9.88 Å². The van der Waals surface area contributed by atoms with Crippen LogP contribution in [0.25, 0.3) is 0 Å². The highest BCUT2D eigenvalue weighted by Gasteiger charge is 2.13. The van der Waals surface area contributed by atoms with E-state index in [-0.39, 0.29) is 6.03 Å². The molecule has 2 rings (SSSR count). The predicted molar refractivity (Wildman–Crippen MR) is 90.7 cm³/mol. The van der Waals surface area contributed by atoms with Gasteiger partial charge in [-0.15, -0.1) is 0 Å². The standard InChI is InChI=1S/C16H17Cl2N3O/c1-2-21(10-8-13-5-3-4-9-19-13)16(22)20-15-7-6-12(17)11-14(15)18/h3-7,9,11H,2,8,10H2,1H3,(H,20,22). The van der Waals surface area contributed by atoms with Crippen LogP contribution in [0.3, 0.4) is 0 Å². The molecular weight excluding hydrogens is 321 g/mol. The van der Waals surface area contributed by atoms with Crippen LogP contribution in [0.2, 0.25) is 10.0 Å². The molecule has 6 heteroatoms. The Balaban J connectivity index is 1.96. The van der Waals surface area contributed by atoms with E-state index in [0.717, 1.165) is 5.69 Å². The van der Waals surface area contributed by atoms with Crippen molar-refractivity contribution in [3.8, 4) is 0 Å². The summed E-state index contributed by atoms with van der Waals surface area (Å²) in [7, 11) is 0. The minimum absolute atomic E-state index is 0.192. The molecule has 0 aliphatic carbocycles. The van der Waals surface area contributed by atoms with Crippen molar-refractivity contribution < 1.29 is 4.79 Å². The Morgan fingerprint density at radius 1 is 1.27 bits per heavy atom. The van der Waals surface area contributed by atoms with E-state index in [2.05, 4.69) is 10.3 Å². The van der Waals surface area contributed by atoms with Crippen LogP contribution in [0.4, 0.5) is 10.5 Å². The SMILES string of the molecule is CCN(CCc1ccccn1)C(=O)Nc1ccc(Cl)cc1Cl. The van der Waals surface area contributed by atoms with Crippen LogP contribution < -0.4 is 5.32 Å². The second-order valence-electron chi connectivity index (χ2n) is 4.71. The van der Waals surface area contributed by atoms with Gasteiger partial charge in [0.1, 0.15) is 0 Å². The fourth-order valence-electron chi connectivity index (χ4n) is 1.98. The van der Waals surface area contributed by atoms with E-state index in [9.17, 15) is 4.79 Å². The van der Waals surface area contributed by atoms with Crippen LogP contribution in [0, 0.1) is 0 Å². The Bertz CT molecular complexity index is 635. The number of hydrogen-bond acceptors (Lipinski definition) is 2. The zero-order valence-corrected chi connectivity index (χ0v) is 13.7. The Morgan fingerprint density at radius 3 is 2.73 bits per heavy atom. The first-order chi connectivity index (χ1) is 10.6. The smallest absolute Gasteiger partial charge is 0.321 e. The minimum Gasteiger partial charge on any atom is -0.324 e. The summed E-state index contributed by atoms with van der Waals surface area (Å²) in [6, 6.07) is 10.5. The van der Waals surface area contributed by atoms with Gasteiger partial charge in [-0.05, 0) is 37.3 Å². The molecule has 0 atom stereocenters. The molecule has 0 radical (unpaired) electrons. The summed E-state index contributed by atoms with van der Waals surface area (Å²) < 4.78 is 0. The van der Waals surface area contributed by atoms with Crippen molar-refractivity contribution in [2.45, 2.75) is 13.3 Å². The van der Waals surface area contributed by atoms with Crippen LogP contribution in [0.1, 0.15) is 12.6 Å². The second kappa shape index (κ2) is 8.01. The molecule has 2 aromatic rings. The molecule has 0 spiro atoms. The monoisotopic (exact) mass is 337 g/mol. The maximum absolute atomic E-state index is 12.3. The number of amides is 2. The third-order valence-electron chi connectivity index (χ3n) is 3.21. The molecule has 1 aromatic heterocycles. The number of benzene rings is 1. The molecular formula is C16H17Cl2N3O. The summed E-state index contributed by atoms with van der Waals surface area (Å²) >= 11 is 11.9. The highest BCUT2D eigenvalue weighted by atomic mass is 35.5. The first kappa shape index (κ1) is 16.6. The van der Waals surface area contributed by atoms with E-state index in [0.29, 0.717) is 35.2 Å². The van der Waals surface area contributed by atoms with Crippen LogP contribution in [0.15, 0.2) is 42.6 Å². The van der Waals surface area contributed by atoms with Gasteiger partial charge in [0.05, 0.1) is 10.7 Å². The normalized spacial score (nSPS) is 10.3. The van der Waals surface area contributed by atoms with E-state index in [1.807, 2.05) is 25.1 Å². The van der Waals surface area contributed by atoms with Gasteiger partial charge in [0, 0.05) is 36.4 Å². The van der Waals surface area contributed by atoms with Gasteiger partial charge in [0.15, 0.2) is 0 Å². The maximum atomic E-state index is 12.3. The van der Waals surface area contributed by atoms with E-state index in [1.165, 1.54) is 0 Å². The van der Waals surface area contributed by atoms with Crippen molar-refractivity contribution in [2.24, 2.45) is 0 Å². The minimum atomic E-state index is -0.192. The highest BCUT2D eigenvalue weighted by molar-refractivity contribution is 6.36. The van der Waals surface area contributed by atoms with Crippen molar-refractivity contribution in [1.29, 1.82) is 0 Å². The third-order valence-corrected chi connectivity index (χ3v) is 3.75. The Kier molecular flexibility index (Phi) is 6.04. The largest absolute Gasteiger partial charge is 0.324 e. The molecule has 1 N–H and O–H groups in total. The quantitative estimate of drug-likeness (QED) is 0.873. The first-order valence-corrected chi connectivity index (χ1v) is 7.76. The first-order valence-electron chi connectivity index (χ1n) is 7.01. The van der Waals surface area contributed by atoms with Crippen LogP contribution >= 0.6 is 23.2 Å². The molecule has 0 fully saturated rings. The number of halogens is 2. The number of likely N-dealkylation sites (N-methyl/N-ethyl adjacent to an activating group) is 1. The van der Waals surface area contributed by atoms with Crippen LogP contribution in [-0.4, -0.2) is 29.0 Å². The molecule has 0 saturated carbocycles. The summed E-state index contributed by atoms with van der Waals surface area (Å²) in [5.74, 6) is 0. The fourth-order valence-corrected chi connectivity index (χ4v) is 2.44. The summed E-state index contributed by atoms with van der Waals surface area (Å²) in [5.41, 5.74) is 1.51. The summed E-state index contributed by atoms with van der Waals surface area (Å²) in [4.78, 5) is 18.3. The average molecular weight is 338 g/mol. The Hall–Kier alpha value is -1.78. The second-order valence-corrected chi connectivity index (χ2v) is 5.55. The maximum Gasteiger partial charge on any atom is 0.321 e. The van der Waals surface area contributed by atoms with Crippen LogP contribution in [-0.2, 0) is 6.42 Å². The number of urea groups is 1. The lowest BCUT2D eigenvalue weighted by Gasteiger charge is -2.21. The van der Waals surface area contributed by atoms with E-state index in [1.54, 1.807) is 29.3 Å². The van der Waals surface area contributed by atoms with Crippen molar-refractivity contribution >= 4 is 34.9 Å². The lowest BCUT2D eigenvalue weighted by Crippen LogP contribution is -2.36. The number of nitrogens with one attached hydrogen (secondary N) is 1. The summed E-state index contributed by atoms with van der Waals surface area (Å²) in [6.45, 7) is 3.12. The Morgan fingerprint density at radius 2 is 2.09 bits per heavy atom. The van der Waals surface area contributed by atoms with Gasteiger partial charge in [0.25, 0.3) is 0 Å². The number of nitrogens with zero attached hydrogens (tertiary/aromatic N) is 2. The topological polar surface area (TPSA) is 45.2 Å². The van der Waals surface area contributed by atoms with Gasteiger partial charge in [0.2, 0.25) is 0 Å². The van der Waals surface area contributed by atoms with Gasteiger partial charge >= 0.3 is 6.03 Å². The molecule has 4 nitrogen and oxygen atoms in total. The van der Waals surface area contributed by atoms with Gasteiger partial charge in [-0.2, -0.15) is 0 Å². The van der Waals surface area contributed by atoms with Gasteiger partial charge in [-0.3, -0.25) is 4.98 Å². The van der Waals surface area contributed by atoms with E-state index < -0.39 is 0 Å². The molecule has 0 aliphatic heterocycles. The van der Waals surface area contributed by atoms with Gasteiger partial charge in [-0.25, -0.2) is 4.79 Å². The predicted octanol–water partition coefficient (Wildman–Crippen LogP) is 4.48. The van der Waals surface area contributed by atoms with Gasteiger partial charge in [-0.1, -0.05) is 29.3 Å². The van der Waals surface area contributed by atoms with E-state index in [4.69, 9.17) is 23.2 Å². The number of pyridine rings is 1. The molecule has 116 valence electrons. The van der Waals surface area contributed by atoms with Crippen LogP contribution in [0.5, 0.6) is 0 Å². The zero-order chi connectivity index (χ0) is 15.9. The molecule has 0 bridgehead atoms. The third kappa shape index (κ3) is 4.61. The molecule has 2 amide bonds. The summed E-state index contributed by atoms with van der Waals surface area (Å²) in [6.07, 6.45) is 2.45. The lowest BCUT2D eigenvalue weighted by atomic mass is 10.2. The Labute approximate surface area is 140 Å². The van der Waals surface area contributed by atoms with Crippen molar-refractivity contribution in [3.63, 3.8) is 0 Å². The molecule has 0 aliphatic rings. The lowest BCUT2D eigenvalue weighted by molar-refractivity contribution is 0.215. The average Bonchev–Trinajstić information content (AvgIpc) is 2.52. The fraction of sp³-hybridized carbons (Fsp3) is 0.250. The number of rotatable bonds is 5. The van der Waals surface area contributed by atoms with E-state index >= 15 is 0 Å². The highest BCUT2D eigenvalue weighted by Crippen LogP contribution is 2.25. The molecule has 22 heavy (non-hydrogen) atoms. The number of anilines is 1. The number of hydrogen-bond donors (Lipinski definition) is 1. The zero-order valence-electron chi connectivity index (χ0n) is 12.2. The molecule has 1 aromatic carbocycles. The number of aromatic nitrogens is 1. The molecule has 0 saturated heterocycles. The molecule has 1 heterocycles.